The molecule has 0 atom stereocenters. The maximum Gasteiger partial charge on any atom is 0.242 e. The molecule has 140 valence electrons. The number of likely N-dealkylation sites (N-methyl/N-ethyl adjacent to an activating group) is 1. The van der Waals surface area contributed by atoms with Crippen LogP contribution in [0.4, 0.5) is 0 Å². The molecule has 2 fully saturated rings. The largest absolute Gasteiger partial charge is 0.338 e. The molecule has 0 spiro atoms. The van der Waals surface area contributed by atoms with Crippen LogP contribution in [0.1, 0.15) is 59.8 Å². The number of ketones is 1. The summed E-state index contributed by atoms with van der Waals surface area (Å²) in [6.07, 6.45) is 7.20. The highest BCUT2D eigenvalue weighted by atomic mass is 32.2. The van der Waals surface area contributed by atoms with E-state index in [9.17, 15) is 14.4 Å². The molecule has 0 unspecified atom stereocenters. The van der Waals surface area contributed by atoms with Crippen molar-refractivity contribution in [2.45, 2.75) is 65.8 Å². The van der Waals surface area contributed by atoms with Gasteiger partial charge in [0.2, 0.25) is 11.8 Å². The summed E-state index contributed by atoms with van der Waals surface area (Å²) >= 11 is 1.35. The predicted octanol–water partition coefficient (Wildman–Crippen LogP) is 3.20. The summed E-state index contributed by atoms with van der Waals surface area (Å²) in [7, 11) is 0. The summed E-state index contributed by atoms with van der Waals surface area (Å²) in [5, 5.41) is 0.609. The Morgan fingerprint density at radius 2 is 1.88 bits per heavy atom. The lowest BCUT2D eigenvalue weighted by Gasteiger charge is -2.34. The Hall–Kier alpha value is -1.30. The van der Waals surface area contributed by atoms with Gasteiger partial charge in [0.25, 0.3) is 0 Å². The van der Waals surface area contributed by atoms with Crippen LogP contribution in [0.2, 0.25) is 0 Å². The average molecular weight is 367 g/mol. The monoisotopic (exact) mass is 366 g/mol. The van der Waals surface area contributed by atoms with E-state index >= 15 is 0 Å². The molecule has 0 bridgehead atoms. The highest BCUT2D eigenvalue weighted by Crippen LogP contribution is 2.31. The van der Waals surface area contributed by atoms with Crippen molar-refractivity contribution < 1.29 is 14.4 Å². The molecule has 0 aromatic rings. The molecule has 1 saturated heterocycles. The van der Waals surface area contributed by atoms with Gasteiger partial charge in [-0.25, -0.2) is 0 Å². The average Bonchev–Trinajstić information content (AvgIpc) is 2.89. The van der Waals surface area contributed by atoms with Crippen LogP contribution in [-0.2, 0) is 14.4 Å². The molecule has 0 aromatic heterocycles. The van der Waals surface area contributed by atoms with Gasteiger partial charge in [-0.1, -0.05) is 51.8 Å². The lowest BCUT2D eigenvalue weighted by molar-refractivity contribution is -0.139. The molecule has 2 aliphatic rings. The maximum atomic E-state index is 12.8. The van der Waals surface area contributed by atoms with Crippen LogP contribution in [0, 0.1) is 5.41 Å². The van der Waals surface area contributed by atoms with Gasteiger partial charge in [-0.15, -0.1) is 0 Å². The van der Waals surface area contributed by atoms with Crippen LogP contribution in [0.15, 0.2) is 11.1 Å². The number of allylic oxidation sites excluding steroid dienone is 1. The number of carbonyl (C=O) groups excluding carboxylic acids is 3. The lowest BCUT2D eigenvalue weighted by atomic mass is 9.91. The molecule has 0 aromatic carbocycles. The molecule has 1 heterocycles. The fraction of sp³-hybridized carbons (Fsp3) is 0.737. The van der Waals surface area contributed by atoms with E-state index in [1.165, 1.54) is 29.2 Å². The number of nitrogens with zero attached hydrogens (tertiary/aromatic N) is 2. The van der Waals surface area contributed by atoms with E-state index in [1.807, 2.05) is 32.6 Å². The summed E-state index contributed by atoms with van der Waals surface area (Å²) in [4.78, 5) is 40.7. The molecule has 1 aliphatic carbocycles. The van der Waals surface area contributed by atoms with E-state index in [1.54, 1.807) is 0 Å². The minimum Gasteiger partial charge on any atom is -0.338 e. The first kappa shape index (κ1) is 20.0. The summed E-state index contributed by atoms with van der Waals surface area (Å²) < 4.78 is 0. The van der Waals surface area contributed by atoms with Crippen LogP contribution in [0.3, 0.4) is 0 Å². The van der Waals surface area contributed by atoms with Gasteiger partial charge >= 0.3 is 0 Å². The summed E-state index contributed by atoms with van der Waals surface area (Å²) in [6.45, 7) is 8.26. The van der Waals surface area contributed by atoms with E-state index in [4.69, 9.17) is 0 Å². The molecule has 6 heteroatoms. The van der Waals surface area contributed by atoms with Crippen molar-refractivity contribution >= 4 is 29.4 Å². The van der Waals surface area contributed by atoms with Gasteiger partial charge in [0.1, 0.15) is 6.54 Å². The van der Waals surface area contributed by atoms with Crippen molar-refractivity contribution in [2.75, 3.05) is 18.8 Å². The van der Waals surface area contributed by atoms with Crippen LogP contribution in [-0.4, -0.2) is 52.3 Å². The number of thioether (sulfide) groups is 1. The summed E-state index contributed by atoms with van der Waals surface area (Å²) in [6, 6.07) is 0.292. The zero-order valence-electron chi connectivity index (χ0n) is 15.8. The van der Waals surface area contributed by atoms with Gasteiger partial charge in [-0.2, -0.15) is 0 Å². The van der Waals surface area contributed by atoms with Crippen molar-refractivity contribution in [2.24, 2.45) is 5.41 Å². The fourth-order valence-electron chi connectivity index (χ4n) is 3.29. The smallest absolute Gasteiger partial charge is 0.242 e. The van der Waals surface area contributed by atoms with Crippen LogP contribution < -0.4 is 0 Å². The van der Waals surface area contributed by atoms with Crippen LogP contribution in [0.25, 0.3) is 0 Å². The van der Waals surface area contributed by atoms with E-state index < -0.39 is 5.41 Å². The Labute approximate surface area is 155 Å². The van der Waals surface area contributed by atoms with Crippen LogP contribution >= 0.6 is 11.8 Å². The van der Waals surface area contributed by atoms with Gasteiger partial charge in [0, 0.05) is 24.1 Å². The lowest BCUT2D eigenvalue weighted by Crippen LogP contribution is -2.46. The van der Waals surface area contributed by atoms with E-state index in [0.717, 1.165) is 25.7 Å². The predicted molar refractivity (Wildman–Crippen MR) is 101 cm³/mol. The first-order valence-electron chi connectivity index (χ1n) is 9.22. The zero-order chi connectivity index (χ0) is 18.6. The summed E-state index contributed by atoms with van der Waals surface area (Å²) in [5.74, 6) is 0.165. The zero-order valence-corrected chi connectivity index (χ0v) is 16.7. The van der Waals surface area contributed by atoms with Gasteiger partial charge < -0.3 is 4.90 Å². The number of hydrogen-bond acceptors (Lipinski definition) is 4. The molecular weight excluding hydrogens is 336 g/mol. The minimum absolute atomic E-state index is 0.0145. The van der Waals surface area contributed by atoms with Gasteiger partial charge in [-0.05, 0) is 19.8 Å². The molecular formula is C19H30N2O3S. The second-order valence-corrected chi connectivity index (χ2v) is 8.83. The molecule has 1 saturated carbocycles. The molecule has 0 N–H and O–H groups in total. The molecule has 25 heavy (non-hydrogen) atoms. The number of rotatable bonds is 5. The highest BCUT2D eigenvalue weighted by Gasteiger charge is 2.33. The van der Waals surface area contributed by atoms with Crippen molar-refractivity contribution in [1.82, 2.24) is 9.80 Å². The highest BCUT2D eigenvalue weighted by molar-refractivity contribution is 8.04. The SMILES string of the molecule is CCN(C(=O)CN1C(=O)CSC1=CC(=O)C(C)(C)C)C1CCCCC1. The Morgan fingerprint density at radius 1 is 1.24 bits per heavy atom. The second-order valence-electron chi connectivity index (χ2n) is 7.84. The second kappa shape index (κ2) is 8.39. The number of hydrogen-bond donors (Lipinski definition) is 0. The Bertz CT molecular complexity index is 560. The van der Waals surface area contributed by atoms with Gasteiger partial charge in [-0.3, -0.25) is 19.3 Å². The van der Waals surface area contributed by atoms with Gasteiger partial charge in [0.15, 0.2) is 5.78 Å². The van der Waals surface area contributed by atoms with Gasteiger partial charge in [0.05, 0.1) is 10.8 Å². The molecule has 1 aliphatic heterocycles. The molecule has 0 radical (unpaired) electrons. The van der Waals surface area contributed by atoms with E-state index in [-0.39, 0.29) is 24.1 Å². The first-order chi connectivity index (χ1) is 11.7. The Kier molecular flexibility index (Phi) is 6.72. The maximum absolute atomic E-state index is 12.8. The Morgan fingerprint density at radius 3 is 2.44 bits per heavy atom. The molecule has 2 rings (SSSR count). The third-order valence-corrected chi connectivity index (χ3v) is 5.90. The van der Waals surface area contributed by atoms with Crippen molar-refractivity contribution in [3.63, 3.8) is 0 Å². The number of amides is 2. The summed E-state index contributed by atoms with van der Waals surface area (Å²) in [5.41, 5.74) is -0.494. The number of carbonyl (C=O) groups is 3. The first-order valence-corrected chi connectivity index (χ1v) is 10.2. The quantitative estimate of drug-likeness (QED) is 0.701. The van der Waals surface area contributed by atoms with E-state index in [0.29, 0.717) is 23.4 Å². The third kappa shape index (κ3) is 5.09. The normalized spacial score (nSPS) is 21.0. The molecule has 2 amide bonds. The van der Waals surface area contributed by atoms with Crippen molar-refractivity contribution in [3.8, 4) is 0 Å². The van der Waals surface area contributed by atoms with Crippen LogP contribution in [0.5, 0.6) is 0 Å². The van der Waals surface area contributed by atoms with Crippen molar-refractivity contribution in [3.05, 3.63) is 11.1 Å². The standard InChI is InChI=1S/C19H30N2O3S/c1-5-20(14-9-7-6-8-10-14)16(23)12-21-17(24)13-25-18(21)11-15(22)19(2,3)4/h11,14H,5-10,12-13H2,1-4H3. The van der Waals surface area contributed by atoms with Crippen molar-refractivity contribution in [1.29, 1.82) is 0 Å². The Balaban J connectivity index is 2.09. The third-order valence-electron chi connectivity index (χ3n) is 4.87. The fourth-order valence-corrected chi connectivity index (χ4v) is 4.23. The molecule has 5 nitrogen and oxygen atoms in total. The minimum atomic E-state index is -0.494. The van der Waals surface area contributed by atoms with E-state index in [2.05, 4.69) is 0 Å². The topological polar surface area (TPSA) is 57.7 Å².